The van der Waals surface area contributed by atoms with Gasteiger partial charge in [0.15, 0.2) is 0 Å². The number of aliphatic carboxylic acids is 1. The molecule has 0 fully saturated rings. The summed E-state index contributed by atoms with van der Waals surface area (Å²) in [7, 11) is 0. The number of phenolic OH excluding ortho intramolecular Hbond substituents is 1. The molecule has 3 atom stereocenters. The summed E-state index contributed by atoms with van der Waals surface area (Å²) < 4.78 is 0. The number of aromatic hydroxyl groups is 1. The van der Waals surface area contributed by atoms with E-state index in [1.807, 2.05) is 0 Å². The third-order valence-corrected chi connectivity index (χ3v) is 4.10. The Morgan fingerprint density at radius 1 is 1.00 bits per heavy atom. The van der Waals surface area contributed by atoms with E-state index in [4.69, 9.17) is 16.6 Å². The molecule has 28 heavy (non-hydrogen) atoms. The predicted molar refractivity (Wildman–Crippen MR) is 101 cm³/mol. The van der Waals surface area contributed by atoms with Gasteiger partial charge in [0.05, 0.1) is 6.61 Å². The molecular weight excluding hydrogens is 368 g/mol. The van der Waals surface area contributed by atoms with Gasteiger partial charge in [-0.1, -0.05) is 12.1 Å². The Hall–Kier alpha value is -2.69. The average molecular weight is 396 g/mol. The third-order valence-electron chi connectivity index (χ3n) is 4.10. The van der Waals surface area contributed by atoms with Crippen LogP contribution in [0, 0.1) is 0 Å². The zero-order chi connectivity index (χ0) is 21.1. The number of aliphatic hydroxyl groups excluding tert-OH is 1. The van der Waals surface area contributed by atoms with Gasteiger partial charge in [-0.05, 0) is 43.5 Å². The predicted octanol–water partition coefficient (Wildman–Crippen LogP) is -1.56. The lowest BCUT2D eigenvalue weighted by Gasteiger charge is -2.22. The number of nitrogens with two attached hydrogens (primary N) is 2. The maximum absolute atomic E-state index is 12.6. The number of unbranched alkanes of at least 4 members (excludes halogenated alkanes) is 1. The van der Waals surface area contributed by atoms with Gasteiger partial charge in [-0.3, -0.25) is 9.59 Å². The van der Waals surface area contributed by atoms with Gasteiger partial charge >= 0.3 is 5.97 Å². The highest BCUT2D eigenvalue weighted by Gasteiger charge is 2.27. The fourth-order valence-corrected chi connectivity index (χ4v) is 2.46. The Kier molecular flexibility index (Phi) is 9.93. The van der Waals surface area contributed by atoms with Gasteiger partial charge in [0.25, 0.3) is 0 Å². The summed E-state index contributed by atoms with van der Waals surface area (Å²) in [6.07, 6.45) is 1.42. The van der Waals surface area contributed by atoms with E-state index in [2.05, 4.69) is 10.6 Å². The van der Waals surface area contributed by atoms with E-state index >= 15 is 0 Å². The number of aliphatic hydroxyl groups is 1. The number of hydrogen-bond donors (Lipinski definition) is 7. The van der Waals surface area contributed by atoms with Crippen LogP contribution in [0.3, 0.4) is 0 Å². The Balaban J connectivity index is 2.83. The summed E-state index contributed by atoms with van der Waals surface area (Å²) in [6, 6.07) is 2.54. The number of carboxylic acid groups (broad SMARTS) is 1. The molecule has 1 aromatic carbocycles. The molecule has 0 spiro atoms. The number of amides is 2. The second-order valence-corrected chi connectivity index (χ2v) is 6.40. The minimum absolute atomic E-state index is 0.000966. The van der Waals surface area contributed by atoms with Crippen LogP contribution in [0.15, 0.2) is 24.3 Å². The minimum Gasteiger partial charge on any atom is -0.508 e. The van der Waals surface area contributed by atoms with Crippen molar-refractivity contribution < 1.29 is 29.7 Å². The highest BCUT2D eigenvalue weighted by atomic mass is 16.4. The van der Waals surface area contributed by atoms with Crippen molar-refractivity contribution >= 4 is 17.8 Å². The van der Waals surface area contributed by atoms with Crippen molar-refractivity contribution in [2.24, 2.45) is 11.5 Å². The number of nitrogens with one attached hydrogen (secondary N) is 2. The Bertz CT molecular complexity index is 652. The quantitative estimate of drug-likeness (QED) is 0.206. The van der Waals surface area contributed by atoms with Crippen molar-refractivity contribution in [3.8, 4) is 5.75 Å². The summed E-state index contributed by atoms with van der Waals surface area (Å²) in [5, 5.41) is 32.6. The molecular formula is C18H28N4O6. The summed E-state index contributed by atoms with van der Waals surface area (Å²) in [6.45, 7) is -0.168. The monoisotopic (exact) mass is 396 g/mol. The minimum atomic E-state index is -1.24. The van der Waals surface area contributed by atoms with E-state index in [-0.39, 0.29) is 18.6 Å². The maximum atomic E-state index is 12.6. The molecule has 10 nitrogen and oxygen atoms in total. The molecule has 0 heterocycles. The van der Waals surface area contributed by atoms with E-state index in [0.717, 1.165) is 0 Å². The van der Waals surface area contributed by atoms with Gasteiger partial charge in [0.2, 0.25) is 11.8 Å². The summed E-state index contributed by atoms with van der Waals surface area (Å²) in [5.41, 5.74) is 11.5. The number of phenols is 1. The first kappa shape index (κ1) is 23.3. The summed E-state index contributed by atoms with van der Waals surface area (Å²) in [4.78, 5) is 36.0. The van der Waals surface area contributed by atoms with Crippen molar-refractivity contribution in [1.29, 1.82) is 0 Å². The molecule has 0 aliphatic heterocycles. The SMILES string of the molecule is NCCCCC(NC(=O)C(N)CO)C(=O)NC(Cc1ccc(O)cc1)C(=O)O. The van der Waals surface area contributed by atoms with Crippen LogP contribution in [-0.4, -0.2) is 64.4 Å². The van der Waals surface area contributed by atoms with Gasteiger partial charge in [-0.2, -0.15) is 0 Å². The van der Waals surface area contributed by atoms with Gasteiger partial charge in [-0.15, -0.1) is 0 Å². The Morgan fingerprint density at radius 2 is 1.61 bits per heavy atom. The number of hydrogen-bond acceptors (Lipinski definition) is 7. The van der Waals surface area contributed by atoms with Crippen LogP contribution in [0.4, 0.5) is 0 Å². The first-order chi connectivity index (χ1) is 13.3. The topological polar surface area (TPSA) is 188 Å². The van der Waals surface area contributed by atoms with Crippen LogP contribution in [0.1, 0.15) is 24.8 Å². The van der Waals surface area contributed by atoms with Crippen LogP contribution < -0.4 is 22.1 Å². The van der Waals surface area contributed by atoms with Crippen molar-refractivity contribution in [3.05, 3.63) is 29.8 Å². The van der Waals surface area contributed by atoms with Crippen LogP contribution in [-0.2, 0) is 20.8 Å². The lowest BCUT2D eigenvalue weighted by Crippen LogP contribution is -2.55. The maximum Gasteiger partial charge on any atom is 0.326 e. The van der Waals surface area contributed by atoms with Crippen LogP contribution in [0.25, 0.3) is 0 Å². The van der Waals surface area contributed by atoms with Crippen molar-refractivity contribution in [3.63, 3.8) is 0 Å². The molecule has 2 amide bonds. The summed E-state index contributed by atoms with van der Waals surface area (Å²) in [5.74, 6) is -2.56. The van der Waals surface area contributed by atoms with Crippen LogP contribution >= 0.6 is 0 Å². The molecule has 1 aromatic rings. The molecule has 156 valence electrons. The molecule has 0 aliphatic carbocycles. The number of carbonyl (C=O) groups is 3. The van der Waals surface area contributed by atoms with E-state index < -0.39 is 42.5 Å². The normalized spacial score (nSPS) is 14.0. The van der Waals surface area contributed by atoms with Crippen LogP contribution in [0.5, 0.6) is 5.75 Å². The van der Waals surface area contributed by atoms with Gasteiger partial charge in [0, 0.05) is 6.42 Å². The first-order valence-corrected chi connectivity index (χ1v) is 8.96. The number of benzene rings is 1. The second-order valence-electron chi connectivity index (χ2n) is 6.40. The largest absolute Gasteiger partial charge is 0.508 e. The third kappa shape index (κ3) is 7.91. The fraction of sp³-hybridized carbons (Fsp3) is 0.500. The number of carboxylic acids is 1. The molecule has 10 heteroatoms. The van der Waals surface area contributed by atoms with E-state index in [1.54, 1.807) is 12.1 Å². The van der Waals surface area contributed by atoms with Crippen molar-refractivity contribution in [2.75, 3.05) is 13.2 Å². The zero-order valence-electron chi connectivity index (χ0n) is 15.5. The van der Waals surface area contributed by atoms with Gasteiger partial charge in [0.1, 0.15) is 23.9 Å². The molecule has 9 N–H and O–H groups in total. The Morgan fingerprint density at radius 3 is 2.14 bits per heavy atom. The number of rotatable bonds is 12. The van der Waals surface area contributed by atoms with E-state index in [9.17, 15) is 24.6 Å². The fourth-order valence-electron chi connectivity index (χ4n) is 2.46. The molecule has 0 aliphatic rings. The molecule has 1 rings (SSSR count). The first-order valence-electron chi connectivity index (χ1n) is 8.96. The molecule has 0 bridgehead atoms. The van der Waals surface area contributed by atoms with Crippen molar-refractivity contribution in [2.45, 2.75) is 43.8 Å². The molecule has 0 aromatic heterocycles. The second kappa shape index (κ2) is 11.9. The molecule has 0 saturated heterocycles. The Labute approximate surface area is 162 Å². The summed E-state index contributed by atoms with van der Waals surface area (Å²) >= 11 is 0. The van der Waals surface area contributed by atoms with E-state index in [0.29, 0.717) is 24.9 Å². The molecule has 3 unspecified atom stereocenters. The lowest BCUT2D eigenvalue weighted by atomic mass is 10.0. The number of carbonyl (C=O) groups excluding carboxylic acids is 2. The van der Waals surface area contributed by atoms with Gasteiger partial charge in [-0.25, -0.2) is 4.79 Å². The van der Waals surface area contributed by atoms with Gasteiger partial charge < -0.3 is 37.4 Å². The van der Waals surface area contributed by atoms with Crippen LogP contribution in [0.2, 0.25) is 0 Å². The smallest absolute Gasteiger partial charge is 0.326 e. The standard InChI is InChI=1S/C18H28N4O6/c19-8-2-1-3-14(21-16(25)13(20)10-23)17(26)22-15(18(27)28)9-11-4-6-12(24)7-5-11/h4-7,13-15,23-24H,1-3,8-10,19-20H2,(H,21,25)(H,22,26)(H,27,28). The lowest BCUT2D eigenvalue weighted by molar-refractivity contribution is -0.142. The molecule has 0 radical (unpaired) electrons. The van der Waals surface area contributed by atoms with Crippen molar-refractivity contribution in [1.82, 2.24) is 10.6 Å². The highest BCUT2D eigenvalue weighted by Crippen LogP contribution is 2.12. The molecule has 0 saturated carbocycles. The highest BCUT2D eigenvalue weighted by molar-refractivity contribution is 5.91. The zero-order valence-corrected chi connectivity index (χ0v) is 15.5. The van der Waals surface area contributed by atoms with E-state index in [1.165, 1.54) is 12.1 Å². The average Bonchev–Trinajstić information content (AvgIpc) is 2.67.